The zero-order valence-electron chi connectivity index (χ0n) is 2.58. The highest BCUT2D eigenvalue weighted by atomic mass is 28.1. The molecular formula is C2H5NSi. The van der Waals surface area contributed by atoms with Crippen LogP contribution in [0.5, 0.6) is 0 Å². The van der Waals surface area contributed by atoms with Crippen molar-refractivity contribution in [3.05, 3.63) is 5.70 Å². The lowest BCUT2D eigenvalue weighted by Crippen LogP contribution is -1.42. The van der Waals surface area contributed by atoms with Crippen LogP contribution in [0, 0.1) is 5.41 Å². The summed E-state index contributed by atoms with van der Waals surface area (Å²) in [4.78, 5) is 0. The van der Waals surface area contributed by atoms with Crippen LogP contribution in [-0.2, 0) is 0 Å². The van der Waals surface area contributed by atoms with Crippen molar-refractivity contribution < 1.29 is 0 Å². The van der Waals surface area contributed by atoms with Gasteiger partial charge in [-0.2, -0.15) is 0 Å². The second kappa shape index (κ2) is 2.67. The third-order valence-electron chi connectivity index (χ3n) is 0.144. The Bertz CT molecular complexity index is 44.0. The molecule has 0 atom stereocenters. The molecular weight excluding hydrogens is 66.1 g/mol. The van der Waals surface area contributed by atoms with Crippen LogP contribution in [0.1, 0.15) is 0 Å². The molecule has 0 saturated heterocycles. The summed E-state index contributed by atoms with van der Waals surface area (Å²) in [6.07, 6.45) is 0. The molecule has 4 heavy (non-hydrogen) atoms. The van der Waals surface area contributed by atoms with Gasteiger partial charge in [-0.1, -0.05) is 0 Å². The summed E-state index contributed by atoms with van der Waals surface area (Å²) in [5.41, 5.74) is 1.68. The van der Waals surface area contributed by atoms with Gasteiger partial charge in [-0.25, -0.2) is 0 Å². The molecule has 1 nitrogen and oxygen atoms in total. The van der Waals surface area contributed by atoms with Crippen LogP contribution in [0.3, 0.4) is 0 Å². The molecule has 0 unspecified atom stereocenters. The van der Waals surface area contributed by atoms with Gasteiger partial charge < -0.3 is 0 Å². The van der Waals surface area contributed by atoms with Gasteiger partial charge in [0.25, 0.3) is 0 Å². The monoisotopic (exact) mass is 71.0 g/mol. The van der Waals surface area contributed by atoms with Crippen LogP contribution in [0.25, 0.3) is 0 Å². The van der Waals surface area contributed by atoms with Gasteiger partial charge in [0.1, 0.15) is 0 Å². The SMILES string of the molecule is N=C=C[SiH3]. The molecule has 2 heteroatoms. The fraction of sp³-hybridized carbons (Fsp3) is 0. The molecule has 0 fully saturated rings. The summed E-state index contributed by atoms with van der Waals surface area (Å²) in [5.74, 6) is 2.12. The summed E-state index contributed by atoms with van der Waals surface area (Å²) in [6.45, 7) is 0. The molecule has 0 aliphatic carbocycles. The van der Waals surface area contributed by atoms with Crippen molar-refractivity contribution >= 4 is 16.1 Å². The third kappa shape index (κ3) is 1.67. The highest BCUT2D eigenvalue weighted by Crippen LogP contribution is 1.24. The Balaban J connectivity index is 3.11. The van der Waals surface area contributed by atoms with E-state index < -0.39 is 0 Å². The van der Waals surface area contributed by atoms with Gasteiger partial charge in [0.15, 0.2) is 0 Å². The number of nitrogens with one attached hydrogen (secondary N) is 1. The lowest BCUT2D eigenvalue weighted by molar-refractivity contribution is 1.60. The summed E-state index contributed by atoms with van der Waals surface area (Å²) >= 11 is 0. The van der Waals surface area contributed by atoms with E-state index in [1.54, 1.807) is 5.70 Å². The van der Waals surface area contributed by atoms with Gasteiger partial charge in [-0.15, -0.1) is 0 Å². The average molecular weight is 71.2 g/mol. The van der Waals surface area contributed by atoms with Gasteiger partial charge in [0, 0.05) is 10.2 Å². The van der Waals surface area contributed by atoms with Crippen LogP contribution >= 0.6 is 0 Å². The van der Waals surface area contributed by atoms with Crippen LogP contribution in [0.15, 0.2) is 5.70 Å². The number of rotatable bonds is 0. The molecule has 0 heterocycles. The molecule has 0 aliphatic heterocycles. The minimum atomic E-state index is 0.966. The van der Waals surface area contributed by atoms with E-state index in [0.717, 1.165) is 10.2 Å². The topological polar surface area (TPSA) is 23.9 Å². The fourth-order valence-corrected chi connectivity index (χ4v) is 0. The smallest absolute Gasteiger partial charge is 0.0411 e. The van der Waals surface area contributed by atoms with Gasteiger partial charge in [-0.3, -0.25) is 5.41 Å². The number of hydrogen-bond donors (Lipinski definition) is 1. The number of hydrogen-bond acceptors (Lipinski definition) is 1. The minimum absolute atomic E-state index is 0.966. The summed E-state index contributed by atoms with van der Waals surface area (Å²) in [6, 6.07) is 0. The van der Waals surface area contributed by atoms with Crippen molar-refractivity contribution in [2.24, 2.45) is 0 Å². The maximum Gasteiger partial charge on any atom is 0.0411 e. The van der Waals surface area contributed by atoms with Crippen molar-refractivity contribution in [1.29, 1.82) is 5.41 Å². The zero-order chi connectivity index (χ0) is 3.41. The van der Waals surface area contributed by atoms with E-state index in [2.05, 4.69) is 5.87 Å². The van der Waals surface area contributed by atoms with Crippen molar-refractivity contribution in [3.8, 4) is 0 Å². The van der Waals surface area contributed by atoms with E-state index in [-0.39, 0.29) is 0 Å². The van der Waals surface area contributed by atoms with E-state index in [9.17, 15) is 0 Å². The maximum absolute atomic E-state index is 6.18. The van der Waals surface area contributed by atoms with Crippen molar-refractivity contribution in [2.75, 3.05) is 0 Å². The first-order chi connectivity index (χ1) is 1.91. The maximum atomic E-state index is 6.18. The molecule has 0 saturated carbocycles. The first-order valence-corrected chi connectivity index (χ1v) is 2.27. The Morgan fingerprint density at radius 1 is 2.00 bits per heavy atom. The normalized spacial score (nSPS) is 5.00. The van der Waals surface area contributed by atoms with Crippen LogP contribution in [-0.4, -0.2) is 16.1 Å². The Kier molecular flexibility index (Phi) is 2.44. The Labute approximate surface area is 28.3 Å². The summed E-state index contributed by atoms with van der Waals surface area (Å²) in [5, 5.41) is 6.18. The molecule has 0 aromatic heterocycles. The second-order valence-corrected chi connectivity index (χ2v) is 1.01. The molecule has 0 rings (SSSR count). The molecule has 1 N–H and O–H groups in total. The molecule has 0 radical (unpaired) electrons. The largest absolute Gasteiger partial charge is 0.259 e. The predicted molar refractivity (Wildman–Crippen MR) is 22.2 cm³/mol. The van der Waals surface area contributed by atoms with Gasteiger partial charge >= 0.3 is 0 Å². The Morgan fingerprint density at radius 3 is 2.25 bits per heavy atom. The molecule has 0 aromatic rings. The van der Waals surface area contributed by atoms with Crippen LogP contribution in [0.2, 0.25) is 0 Å². The highest BCUT2D eigenvalue weighted by Gasteiger charge is 1.28. The van der Waals surface area contributed by atoms with E-state index in [1.165, 1.54) is 0 Å². The lowest BCUT2D eigenvalue weighted by atomic mass is 11.2. The zero-order valence-corrected chi connectivity index (χ0v) is 4.58. The van der Waals surface area contributed by atoms with E-state index in [0.29, 0.717) is 0 Å². The van der Waals surface area contributed by atoms with Crippen LogP contribution in [0.4, 0.5) is 0 Å². The first kappa shape index (κ1) is 3.67. The van der Waals surface area contributed by atoms with E-state index >= 15 is 0 Å². The Hall–Kier alpha value is -0.333. The molecule has 0 spiro atoms. The predicted octanol–water partition coefficient (Wildman–Crippen LogP) is -0.886. The average Bonchev–Trinajstić information content (AvgIpc) is 1.37. The van der Waals surface area contributed by atoms with Gasteiger partial charge in [0.05, 0.1) is 0 Å². The molecule has 0 aromatic carbocycles. The second-order valence-electron chi connectivity index (χ2n) is 0.433. The summed E-state index contributed by atoms with van der Waals surface area (Å²) < 4.78 is 0. The molecule has 22 valence electrons. The van der Waals surface area contributed by atoms with Gasteiger partial charge in [0.2, 0.25) is 0 Å². The van der Waals surface area contributed by atoms with Crippen molar-refractivity contribution in [3.63, 3.8) is 0 Å². The van der Waals surface area contributed by atoms with Crippen molar-refractivity contribution in [1.82, 2.24) is 0 Å². The van der Waals surface area contributed by atoms with Gasteiger partial charge in [-0.05, 0) is 11.6 Å². The lowest BCUT2D eigenvalue weighted by Gasteiger charge is -1.35. The first-order valence-electron chi connectivity index (χ1n) is 1.12. The van der Waals surface area contributed by atoms with E-state index in [1.807, 2.05) is 0 Å². The van der Waals surface area contributed by atoms with Crippen LogP contribution < -0.4 is 0 Å². The minimum Gasteiger partial charge on any atom is -0.259 e. The quantitative estimate of drug-likeness (QED) is 0.283. The summed E-state index contributed by atoms with van der Waals surface area (Å²) in [7, 11) is 0.966. The fourth-order valence-electron chi connectivity index (χ4n) is 0. The molecule has 0 amide bonds. The standard InChI is InChI=1S/C2H5NSi/c3-1-2-4/h2-3H,4H3. The molecule has 0 aliphatic rings. The highest BCUT2D eigenvalue weighted by molar-refractivity contribution is 6.20. The third-order valence-corrected chi connectivity index (χ3v) is 0.433. The van der Waals surface area contributed by atoms with E-state index in [4.69, 9.17) is 5.41 Å². The Morgan fingerprint density at radius 2 is 2.25 bits per heavy atom. The molecule has 0 bridgehead atoms. The van der Waals surface area contributed by atoms with Crippen molar-refractivity contribution in [2.45, 2.75) is 0 Å².